The number of Topliss-reactive ketones (excluding diaryl/α,β-unsaturated/α-hetero) is 1. The Bertz CT molecular complexity index is 537. The van der Waals surface area contributed by atoms with Gasteiger partial charge in [0.2, 0.25) is 5.78 Å². The molecule has 0 unspecified atom stereocenters. The minimum Gasteiger partial charge on any atom is -0.468 e. The molecule has 0 fully saturated rings. The smallest absolute Gasteiger partial charge is 0.295 e. The molecule has 0 aromatic rings. The second-order valence-electron chi connectivity index (χ2n) is 4.75. The number of carbonyl (C=O) groups excluding carboxylic acids is 2. The summed E-state index contributed by atoms with van der Waals surface area (Å²) in [6, 6.07) is 0. The highest BCUT2D eigenvalue weighted by atomic mass is 16.7. The Morgan fingerprint density at radius 3 is 2.62 bits per heavy atom. The summed E-state index contributed by atoms with van der Waals surface area (Å²) in [5.41, 5.74) is -1.39. The van der Waals surface area contributed by atoms with Gasteiger partial charge in [0.15, 0.2) is 11.4 Å². The van der Waals surface area contributed by atoms with Crippen molar-refractivity contribution >= 4 is 11.6 Å². The molecule has 0 radical (unpaired) electrons. The topological polar surface area (TPSA) is 72.8 Å². The van der Waals surface area contributed by atoms with Crippen LogP contribution in [0.5, 0.6) is 0 Å². The third kappa shape index (κ3) is 3.92. The fourth-order valence-electron chi connectivity index (χ4n) is 1.80. The highest BCUT2D eigenvalue weighted by molar-refractivity contribution is 6.28. The van der Waals surface area contributed by atoms with Crippen molar-refractivity contribution in [2.75, 3.05) is 7.11 Å². The lowest BCUT2D eigenvalue weighted by atomic mass is 9.94. The minimum absolute atomic E-state index is 0.0743. The van der Waals surface area contributed by atoms with Crippen molar-refractivity contribution in [3.05, 3.63) is 48.0 Å². The van der Waals surface area contributed by atoms with Gasteiger partial charge in [-0.2, -0.15) is 0 Å². The molecule has 1 aliphatic rings. The van der Waals surface area contributed by atoms with Crippen LogP contribution in [0.4, 0.5) is 0 Å². The molecule has 5 nitrogen and oxygen atoms in total. The average molecular weight is 292 g/mol. The van der Waals surface area contributed by atoms with Crippen LogP contribution in [0, 0.1) is 0 Å². The van der Waals surface area contributed by atoms with Gasteiger partial charge < -0.3 is 14.6 Å². The van der Waals surface area contributed by atoms with Crippen LogP contribution in [0.15, 0.2) is 48.0 Å². The van der Waals surface area contributed by atoms with Crippen LogP contribution >= 0.6 is 0 Å². The molecular weight excluding hydrogens is 272 g/mol. The first-order chi connectivity index (χ1) is 9.85. The van der Waals surface area contributed by atoms with Gasteiger partial charge in [-0.05, 0) is 32.9 Å². The predicted molar refractivity (Wildman–Crippen MR) is 78.3 cm³/mol. The molecule has 0 spiro atoms. The molecule has 0 aliphatic carbocycles. The summed E-state index contributed by atoms with van der Waals surface area (Å²) in [5.74, 6) is -0.977. The zero-order valence-corrected chi connectivity index (χ0v) is 12.6. The molecule has 0 saturated heterocycles. The number of ketones is 2. The standard InChI is InChI=1S/C16H20O5/c1-5-8-12(18)13-14(19)16(3,21-15(13)20-4)10-7-6-9-11(2)17/h5-11,17H,1-4H3/b8-5+,9-6+,10-7+/t11-,16-/m0/s1. The van der Waals surface area contributed by atoms with Crippen LogP contribution in [0.2, 0.25) is 0 Å². The van der Waals surface area contributed by atoms with E-state index in [1.54, 1.807) is 45.1 Å². The van der Waals surface area contributed by atoms with Gasteiger partial charge in [-0.3, -0.25) is 9.59 Å². The molecule has 114 valence electrons. The molecule has 0 amide bonds. The Kier molecular flexibility index (Phi) is 5.67. The van der Waals surface area contributed by atoms with Crippen LogP contribution in [0.25, 0.3) is 0 Å². The van der Waals surface area contributed by atoms with E-state index in [2.05, 4.69) is 0 Å². The lowest BCUT2D eigenvalue weighted by Gasteiger charge is -2.18. The van der Waals surface area contributed by atoms with Gasteiger partial charge in [0, 0.05) is 0 Å². The highest BCUT2D eigenvalue weighted by Gasteiger charge is 2.47. The first-order valence-corrected chi connectivity index (χ1v) is 6.59. The third-order valence-electron chi connectivity index (χ3n) is 2.85. The van der Waals surface area contributed by atoms with E-state index in [4.69, 9.17) is 14.6 Å². The summed E-state index contributed by atoms with van der Waals surface area (Å²) < 4.78 is 10.5. The van der Waals surface area contributed by atoms with Crippen LogP contribution in [0.3, 0.4) is 0 Å². The van der Waals surface area contributed by atoms with Gasteiger partial charge >= 0.3 is 0 Å². The van der Waals surface area contributed by atoms with Crippen molar-refractivity contribution in [3.8, 4) is 0 Å². The number of allylic oxidation sites excluding steroid dienone is 4. The number of aliphatic hydroxyl groups is 1. The van der Waals surface area contributed by atoms with Gasteiger partial charge in [-0.25, -0.2) is 0 Å². The number of hydrogen-bond acceptors (Lipinski definition) is 5. The van der Waals surface area contributed by atoms with Gasteiger partial charge in [0.1, 0.15) is 5.57 Å². The number of aliphatic hydroxyl groups excluding tert-OH is 1. The Morgan fingerprint density at radius 2 is 2.10 bits per heavy atom. The maximum Gasteiger partial charge on any atom is 0.295 e. The van der Waals surface area contributed by atoms with Crippen LogP contribution in [0.1, 0.15) is 20.8 Å². The summed E-state index contributed by atoms with van der Waals surface area (Å²) in [4.78, 5) is 24.3. The molecule has 2 atom stereocenters. The maximum absolute atomic E-state index is 12.4. The number of hydrogen-bond donors (Lipinski definition) is 1. The Labute approximate surface area is 124 Å². The molecule has 1 N–H and O–H groups in total. The van der Waals surface area contributed by atoms with E-state index in [9.17, 15) is 9.59 Å². The number of rotatable bonds is 6. The predicted octanol–water partition coefficient (Wildman–Crippen LogP) is 1.84. The molecule has 0 bridgehead atoms. The minimum atomic E-state index is -1.29. The Balaban J connectivity index is 3.01. The van der Waals surface area contributed by atoms with Gasteiger partial charge in [-0.15, -0.1) is 0 Å². The normalized spacial score (nSPS) is 24.3. The van der Waals surface area contributed by atoms with Gasteiger partial charge in [0.05, 0.1) is 13.2 Å². The molecule has 0 aromatic heterocycles. The molecule has 1 rings (SSSR count). The second-order valence-corrected chi connectivity index (χ2v) is 4.75. The Morgan fingerprint density at radius 1 is 1.43 bits per heavy atom. The van der Waals surface area contributed by atoms with Crippen molar-refractivity contribution in [1.29, 1.82) is 0 Å². The third-order valence-corrected chi connectivity index (χ3v) is 2.85. The van der Waals surface area contributed by atoms with Crippen LogP contribution < -0.4 is 0 Å². The summed E-state index contributed by atoms with van der Waals surface area (Å²) in [6.45, 7) is 4.85. The van der Waals surface area contributed by atoms with E-state index in [1.807, 2.05) is 0 Å². The van der Waals surface area contributed by atoms with Crippen LogP contribution in [-0.4, -0.2) is 35.5 Å². The largest absolute Gasteiger partial charge is 0.468 e. The average Bonchev–Trinajstić information content (AvgIpc) is 2.67. The lowest BCUT2D eigenvalue weighted by Crippen LogP contribution is -2.32. The molecular formula is C16H20O5. The van der Waals surface area contributed by atoms with Gasteiger partial charge in [0.25, 0.3) is 5.95 Å². The number of methoxy groups -OCH3 is 1. The van der Waals surface area contributed by atoms with Crippen molar-refractivity contribution < 1.29 is 24.2 Å². The van der Waals surface area contributed by atoms with E-state index < -0.39 is 23.3 Å². The number of carbonyl (C=O) groups is 2. The quantitative estimate of drug-likeness (QED) is 0.459. The zero-order chi connectivity index (χ0) is 16.0. The second kappa shape index (κ2) is 7.04. The van der Waals surface area contributed by atoms with Crippen molar-refractivity contribution in [1.82, 2.24) is 0 Å². The van der Waals surface area contributed by atoms with E-state index in [0.29, 0.717) is 0 Å². The van der Waals surface area contributed by atoms with E-state index in [-0.39, 0.29) is 11.5 Å². The van der Waals surface area contributed by atoms with E-state index in [1.165, 1.54) is 19.3 Å². The van der Waals surface area contributed by atoms with Gasteiger partial charge in [-0.1, -0.05) is 24.3 Å². The number of ether oxygens (including phenoxy) is 2. The van der Waals surface area contributed by atoms with Crippen molar-refractivity contribution in [2.24, 2.45) is 0 Å². The lowest BCUT2D eigenvalue weighted by molar-refractivity contribution is -0.128. The zero-order valence-electron chi connectivity index (χ0n) is 12.6. The summed E-state index contributed by atoms with van der Waals surface area (Å²) in [5, 5.41) is 9.12. The first kappa shape index (κ1) is 16.9. The van der Waals surface area contributed by atoms with E-state index >= 15 is 0 Å². The molecule has 5 heteroatoms. The fourth-order valence-corrected chi connectivity index (χ4v) is 1.80. The highest BCUT2D eigenvalue weighted by Crippen LogP contribution is 2.32. The van der Waals surface area contributed by atoms with E-state index in [0.717, 1.165) is 0 Å². The molecule has 1 aliphatic heterocycles. The molecule has 1 heterocycles. The Hall–Kier alpha value is -2.14. The SMILES string of the molecule is C/C=C/C(=O)C1=C(OC)O[C@@](C)(/C=C/C=C/[C@H](C)O)C1=O. The molecule has 0 aromatic carbocycles. The first-order valence-electron chi connectivity index (χ1n) is 6.59. The molecule has 0 saturated carbocycles. The fraction of sp³-hybridized carbons (Fsp3) is 0.375. The summed E-state index contributed by atoms with van der Waals surface area (Å²) in [7, 11) is 1.34. The van der Waals surface area contributed by atoms with Crippen molar-refractivity contribution in [2.45, 2.75) is 32.5 Å². The monoisotopic (exact) mass is 292 g/mol. The molecule has 21 heavy (non-hydrogen) atoms. The maximum atomic E-state index is 12.4. The summed E-state index contributed by atoms with van der Waals surface area (Å²) in [6.07, 6.45) is 8.51. The van der Waals surface area contributed by atoms with Crippen LogP contribution in [-0.2, 0) is 19.1 Å². The summed E-state index contributed by atoms with van der Waals surface area (Å²) >= 11 is 0. The van der Waals surface area contributed by atoms with Crippen molar-refractivity contribution in [3.63, 3.8) is 0 Å².